The molecule has 184 valence electrons. The predicted octanol–water partition coefficient (Wildman–Crippen LogP) is 4.24. The summed E-state index contributed by atoms with van der Waals surface area (Å²) in [7, 11) is 0. The summed E-state index contributed by atoms with van der Waals surface area (Å²) in [5.74, 6) is -0.452. The first-order valence-electron chi connectivity index (χ1n) is 11.9. The van der Waals surface area contributed by atoms with Gasteiger partial charge in [0.05, 0.1) is 30.1 Å². The van der Waals surface area contributed by atoms with E-state index in [2.05, 4.69) is 4.90 Å². The number of benzene rings is 2. The summed E-state index contributed by atoms with van der Waals surface area (Å²) in [5.41, 5.74) is 2.29. The number of hydrogen-bond acceptors (Lipinski definition) is 6. The fourth-order valence-corrected chi connectivity index (χ4v) is 6.89. The molecular weight excluding hydrogens is 486 g/mol. The zero-order valence-electron chi connectivity index (χ0n) is 19.8. The second kappa shape index (κ2) is 9.48. The van der Waals surface area contributed by atoms with Gasteiger partial charge >= 0.3 is 5.97 Å². The SMILES string of the molecule is CCOC(=O)C1CCN(CN2C(=O)[C@@]3(S[C@@H](C)C(=O)N3c3ccc(Cl)cc3)c3ccccc32)CC1. The Hall–Kier alpha value is -2.55. The van der Waals surface area contributed by atoms with E-state index in [4.69, 9.17) is 16.3 Å². The van der Waals surface area contributed by atoms with Gasteiger partial charge in [0.2, 0.25) is 10.8 Å². The van der Waals surface area contributed by atoms with Crippen LogP contribution in [0.4, 0.5) is 11.4 Å². The number of ether oxygens (including phenoxy) is 1. The van der Waals surface area contributed by atoms with Crippen LogP contribution in [0, 0.1) is 5.92 Å². The molecule has 2 atom stereocenters. The van der Waals surface area contributed by atoms with E-state index in [0.717, 1.165) is 11.3 Å². The van der Waals surface area contributed by atoms with E-state index in [1.807, 2.05) is 38.1 Å². The summed E-state index contributed by atoms with van der Waals surface area (Å²) in [6.45, 7) is 5.87. The molecule has 9 heteroatoms. The van der Waals surface area contributed by atoms with Gasteiger partial charge in [-0.2, -0.15) is 0 Å². The standard InChI is InChI=1S/C26H28ClN3O4S/c1-3-34-24(32)18-12-14-28(15-13-18)16-29-22-7-5-4-6-21(22)26(25(29)33)30(23(31)17(2)35-26)20-10-8-19(27)9-11-20/h4-11,17-18H,3,12-16H2,1-2H3/t17-,26-/m0/s1. The molecule has 2 saturated heterocycles. The molecule has 0 aromatic heterocycles. The highest BCUT2D eigenvalue weighted by Crippen LogP contribution is 2.57. The number of likely N-dealkylation sites (tertiary alicyclic amines) is 1. The minimum Gasteiger partial charge on any atom is -0.466 e. The van der Waals surface area contributed by atoms with E-state index < -0.39 is 4.87 Å². The first kappa shape index (κ1) is 24.2. The molecule has 5 rings (SSSR count). The van der Waals surface area contributed by atoms with Crippen molar-refractivity contribution in [2.45, 2.75) is 36.8 Å². The molecule has 0 bridgehead atoms. The van der Waals surface area contributed by atoms with Gasteiger partial charge in [-0.1, -0.05) is 29.8 Å². The predicted molar refractivity (Wildman–Crippen MR) is 137 cm³/mol. The molecule has 2 amide bonds. The molecule has 3 aliphatic heterocycles. The average Bonchev–Trinajstić information content (AvgIpc) is 3.26. The number of nitrogens with zero attached hydrogens (tertiary/aromatic N) is 3. The molecule has 0 N–H and O–H groups in total. The summed E-state index contributed by atoms with van der Waals surface area (Å²) in [6.07, 6.45) is 1.41. The number of thioether (sulfide) groups is 1. The lowest BCUT2D eigenvalue weighted by Crippen LogP contribution is -2.52. The molecule has 0 radical (unpaired) electrons. The van der Waals surface area contributed by atoms with Crippen molar-refractivity contribution >= 4 is 52.5 Å². The van der Waals surface area contributed by atoms with E-state index in [1.54, 1.807) is 34.1 Å². The molecule has 3 heterocycles. The highest BCUT2D eigenvalue weighted by Gasteiger charge is 2.63. The van der Waals surface area contributed by atoms with Crippen molar-refractivity contribution in [2.75, 3.05) is 36.2 Å². The number of rotatable bonds is 5. The Morgan fingerprint density at radius 1 is 1.11 bits per heavy atom. The van der Waals surface area contributed by atoms with Gasteiger partial charge in [-0.3, -0.25) is 29.1 Å². The Morgan fingerprint density at radius 3 is 2.49 bits per heavy atom. The number of carbonyl (C=O) groups excluding carboxylic acids is 3. The van der Waals surface area contributed by atoms with Crippen LogP contribution in [0.3, 0.4) is 0 Å². The number of carbonyl (C=O) groups is 3. The van der Waals surface area contributed by atoms with Crippen molar-refractivity contribution < 1.29 is 19.1 Å². The van der Waals surface area contributed by atoms with Crippen LogP contribution in [0.2, 0.25) is 5.02 Å². The summed E-state index contributed by atoms with van der Waals surface area (Å²) < 4.78 is 5.19. The topological polar surface area (TPSA) is 70.2 Å². The summed E-state index contributed by atoms with van der Waals surface area (Å²) in [6, 6.07) is 14.8. The Labute approximate surface area is 214 Å². The van der Waals surface area contributed by atoms with Gasteiger partial charge < -0.3 is 4.74 Å². The molecule has 0 unspecified atom stereocenters. The third-order valence-corrected chi connectivity index (χ3v) is 8.68. The molecule has 1 spiro atoms. The molecule has 7 nitrogen and oxygen atoms in total. The Bertz CT molecular complexity index is 1150. The van der Waals surface area contributed by atoms with Crippen LogP contribution in [0.5, 0.6) is 0 Å². The average molecular weight is 514 g/mol. The fourth-order valence-electron chi connectivity index (χ4n) is 5.24. The zero-order chi connectivity index (χ0) is 24.7. The van der Waals surface area contributed by atoms with Gasteiger partial charge in [-0.25, -0.2) is 0 Å². The molecule has 35 heavy (non-hydrogen) atoms. The quantitative estimate of drug-likeness (QED) is 0.557. The molecule has 2 fully saturated rings. The number of para-hydroxylation sites is 1. The number of fused-ring (bicyclic) bond motifs is 2. The maximum absolute atomic E-state index is 14.2. The van der Waals surface area contributed by atoms with Gasteiger partial charge in [0, 0.05) is 29.4 Å². The third kappa shape index (κ3) is 4.01. The highest BCUT2D eigenvalue weighted by molar-refractivity contribution is 8.03. The lowest BCUT2D eigenvalue weighted by atomic mass is 9.97. The third-order valence-electron chi connectivity index (χ3n) is 6.96. The van der Waals surface area contributed by atoms with E-state index in [1.165, 1.54) is 11.8 Å². The lowest BCUT2D eigenvalue weighted by molar-refractivity contribution is -0.149. The number of hydrogen-bond donors (Lipinski definition) is 0. The summed E-state index contributed by atoms with van der Waals surface area (Å²) in [5, 5.41) is 0.198. The maximum atomic E-state index is 14.2. The largest absolute Gasteiger partial charge is 0.466 e. The highest BCUT2D eigenvalue weighted by atomic mass is 35.5. The molecule has 3 aliphatic rings. The Morgan fingerprint density at radius 2 is 1.80 bits per heavy atom. The van der Waals surface area contributed by atoms with Crippen LogP contribution < -0.4 is 9.80 Å². The second-order valence-corrected chi connectivity index (χ2v) is 11.1. The van der Waals surface area contributed by atoms with Crippen LogP contribution in [0.15, 0.2) is 48.5 Å². The number of esters is 1. The van der Waals surface area contributed by atoms with Crippen LogP contribution >= 0.6 is 23.4 Å². The van der Waals surface area contributed by atoms with Gasteiger partial charge in [-0.05, 0) is 57.0 Å². The van der Waals surface area contributed by atoms with Crippen LogP contribution in [0.1, 0.15) is 32.3 Å². The normalized spacial score (nSPS) is 24.9. The lowest BCUT2D eigenvalue weighted by Gasteiger charge is -2.36. The van der Waals surface area contributed by atoms with E-state index >= 15 is 0 Å². The molecule has 0 aliphatic carbocycles. The van der Waals surface area contributed by atoms with E-state index in [9.17, 15) is 14.4 Å². The van der Waals surface area contributed by atoms with Crippen molar-refractivity contribution in [1.29, 1.82) is 0 Å². The van der Waals surface area contributed by atoms with Crippen molar-refractivity contribution in [2.24, 2.45) is 5.92 Å². The van der Waals surface area contributed by atoms with Crippen LogP contribution in [-0.4, -0.2) is 54.3 Å². The number of anilines is 2. The van der Waals surface area contributed by atoms with E-state index in [-0.39, 0.29) is 29.0 Å². The van der Waals surface area contributed by atoms with Crippen LogP contribution in [-0.2, 0) is 24.0 Å². The van der Waals surface area contributed by atoms with Crippen LogP contribution in [0.25, 0.3) is 0 Å². The van der Waals surface area contributed by atoms with E-state index in [0.29, 0.717) is 49.9 Å². The maximum Gasteiger partial charge on any atom is 0.309 e. The molecule has 0 saturated carbocycles. The zero-order valence-corrected chi connectivity index (χ0v) is 21.3. The van der Waals surface area contributed by atoms with Crippen molar-refractivity contribution in [3.8, 4) is 0 Å². The Balaban J connectivity index is 1.45. The molecule has 2 aromatic rings. The van der Waals surface area contributed by atoms with Crippen molar-refractivity contribution in [1.82, 2.24) is 4.90 Å². The van der Waals surface area contributed by atoms with Gasteiger partial charge in [-0.15, -0.1) is 11.8 Å². The summed E-state index contributed by atoms with van der Waals surface area (Å²) in [4.78, 5) is 44.3. The second-order valence-electron chi connectivity index (χ2n) is 9.09. The monoisotopic (exact) mass is 513 g/mol. The first-order valence-corrected chi connectivity index (χ1v) is 13.2. The molecular formula is C26H28ClN3O4S. The van der Waals surface area contributed by atoms with Gasteiger partial charge in [0.15, 0.2) is 0 Å². The van der Waals surface area contributed by atoms with Gasteiger partial charge in [0.1, 0.15) is 0 Å². The van der Waals surface area contributed by atoms with Crippen molar-refractivity contribution in [3.63, 3.8) is 0 Å². The number of halogens is 1. The molecule has 2 aromatic carbocycles. The Kier molecular flexibility index (Phi) is 6.55. The first-order chi connectivity index (χ1) is 16.9. The van der Waals surface area contributed by atoms with Crippen molar-refractivity contribution in [3.05, 3.63) is 59.1 Å². The minimum absolute atomic E-state index is 0.0941. The minimum atomic E-state index is -1.16. The fraction of sp³-hybridized carbons (Fsp3) is 0.423. The van der Waals surface area contributed by atoms with Gasteiger partial charge in [0.25, 0.3) is 5.91 Å². The number of piperidine rings is 1. The number of amides is 2. The summed E-state index contributed by atoms with van der Waals surface area (Å²) >= 11 is 7.49. The smallest absolute Gasteiger partial charge is 0.309 e.